The van der Waals surface area contributed by atoms with Crippen molar-refractivity contribution in [2.75, 3.05) is 20.1 Å². The highest BCUT2D eigenvalue weighted by Gasteiger charge is 2.27. The second-order valence-electron chi connectivity index (χ2n) is 4.10. The summed E-state index contributed by atoms with van der Waals surface area (Å²) >= 11 is 6.13. The van der Waals surface area contributed by atoms with E-state index in [-0.39, 0.29) is 6.03 Å². The van der Waals surface area contributed by atoms with Crippen LogP contribution >= 0.6 is 11.6 Å². The van der Waals surface area contributed by atoms with E-state index in [9.17, 15) is 4.79 Å². The molecule has 2 amide bonds. The first-order chi connectivity index (χ1) is 7.50. The monoisotopic (exact) mass is 242 g/mol. The van der Waals surface area contributed by atoms with Crippen LogP contribution in [0.1, 0.15) is 11.3 Å². The Morgan fingerprint density at radius 2 is 2.06 bits per heavy atom. The molecule has 0 radical (unpaired) electrons. The Balaban J connectivity index is 2.18. The van der Waals surface area contributed by atoms with Gasteiger partial charge in [0.2, 0.25) is 0 Å². The van der Waals surface area contributed by atoms with E-state index in [2.05, 4.69) is 5.10 Å². The molecule has 1 aromatic rings. The molecule has 1 fully saturated rings. The predicted octanol–water partition coefficient (Wildman–Crippen LogP) is 1.25. The number of aromatic nitrogens is 2. The molecule has 0 aliphatic carbocycles. The molecule has 88 valence electrons. The molecule has 16 heavy (non-hydrogen) atoms. The van der Waals surface area contributed by atoms with Crippen LogP contribution in [0.2, 0.25) is 5.15 Å². The highest BCUT2D eigenvalue weighted by atomic mass is 35.5. The minimum Gasteiger partial charge on any atom is -0.326 e. The number of nitrogens with zero attached hydrogens (tertiary/aromatic N) is 4. The number of hydrogen-bond donors (Lipinski definition) is 0. The zero-order valence-corrected chi connectivity index (χ0v) is 10.5. The Labute approximate surface area is 99.6 Å². The third-order valence-corrected chi connectivity index (χ3v) is 3.39. The van der Waals surface area contributed by atoms with Gasteiger partial charge in [-0.25, -0.2) is 4.79 Å². The van der Waals surface area contributed by atoms with E-state index >= 15 is 0 Å². The SMILES string of the molecule is Cc1nn(C)c(Cl)c1CN1CCN(C)C1=O. The molecule has 1 saturated heterocycles. The van der Waals surface area contributed by atoms with Crippen molar-refractivity contribution in [1.82, 2.24) is 19.6 Å². The van der Waals surface area contributed by atoms with Crippen molar-refractivity contribution >= 4 is 17.6 Å². The minimum absolute atomic E-state index is 0.0549. The standard InChI is InChI=1S/C10H15ClN4O/c1-7-8(9(11)14(3)12-7)6-15-5-4-13(2)10(15)16/h4-6H2,1-3H3. The highest BCUT2D eigenvalue weighted by Crippen LogP contribution is 2.22. The number of hydrogen-bond acceptors (Lipinski definition) is 2. The van der Waals surface area contributed by atoms with Crippen LogP contribution in [0.15, 0.2) is 0 Å². The number of carbonyl (C=O) groups is 1. The van der Waals surface area contributed by atoms with Crippen LogP contribution in [0.3, 0.4) is 0 Å². The van der Waals surface area contributed by atoms with Crippen molar-refractivity contribution in [2.24, 2.45) is 7.05 Å². The Hall–Kier alpha value is -1.23. The number of urea groups is 1. The van der Waals surface area contributed by atoms with Gasteiger partial charge in [0.15, 0.2) is 0 Å². The first-order valence-electron chi connectivity index (χ1n) is 5.18. The quantitative estimate of drug-likeness (QED) is 0.783. The van der Waals surface area contributed by atoms with Gasteiger partial charge in [0.1, 0.15) is 5.15 Å². The molecule has 0 bridgehead atoms. The van der Waals surface area contributed by atoms with Crippen molar-refractivity contribution in [2.45, 2.75) is 13.5 Å². The van der Waals surface area contributed by atoms with Gasteiger partial charge in [-0.15, -0.1) is 0 Å². The highest BCUT2D eigenvalue weighted by molar-refractivity contribution is 6.30. The normalized spacial score (nSPS) is 16.4. The summed E-state index contributed by atoms with van der Waals surface area (Å²) in [5.41, 5.74) is 1.82. The maximum atomic E-state index is 11.7. The van der Waals surface area contributed by atoms with Crippen LogP contribution in [0.25, 0.3) is 0 Å². The molecule has 2 heterocycles. The van der Waals surface area contributed by atoms with Crippen molar-refractivity contribution in [3.8, 4) is 0 Å². The summed E-state index contributed by atoms with van der Waals surface area (Å²) in [6.45, 7) is 3.98. The second-order valence-corrected chi connectivity index (χ2v) is 4.46. The first kappa shape index (κ1) is 11.3. The Bertz CT molecular complexity index is 429. The second kappa shape index (κ2) is 3.97. The summed E-state index contributed by atoms with van der Waals surface area (Å²) in [4.78, 5) is 15.2. The summed E-state index contributed by atoms with van der Waals surface area (Å²) < 4.78 is 1.64. The van der Waals surface area contributed by atoms with Crippen LogP contribution in [0.5, 0.6) is 0 Å². The van der Waals surface area contributed by atoms with Gasteiger partial charge in [0.25, 0.3) is 0 Å². The molecule has 1 aliphatic heterocycles. The Morgan fingerprint density at radius 1 is 1.38 bits per heavy atom. The molecule has 2 rings (SSSR count). The van der Waals surface area contributed by atoms with Gasteiger partial charge in [0.05, 0.1) is 12.2 Å². The topological polar surface area (TPSA) is 41.4 Å². The molecule has 0 aromatic carbocycles. The number of aryl methyl sites for hydroxylation is 2. The van der Waals surface area contributed by atoms with Crippen LogP contribution in [-0.2, 0) is 13.6 Å². The van der Waals surface area contributed by atoms with Crippen molar-refractivity contribution < 1.29 is 4.79 Å². The van der Waals surface area contributed by atoms with Gasteiger partial charge in [0, 0.05) is 32.7 Å². The molecule has 0 spiro atoms. The summed E-state index contributed by atoms with van der Waals surface area (Å²) in [7, 11) is 3.61. The zero-order valence-electron chi connectivity index (χ0n) is 9.70. The van der Waals surface area contributed by atoms with E-state index in [0.717, 1.165) is 24.3 Å². The molecule has 0 unspecified atom stereocenters. The smallest absolute Gasteiger partial charge is 0.320 e. The number of amides is 2. The average molecular weight is 243 g/mol. The molecule has 6 heteroatoms. The van der Waals surface area contributed by atoms with Gasteiger partial charge in [-0.3, -0.25) is 4.68 Å². The van der Waals surface area contributed by atoms with Crippen LogP contribution in [0.4, 0.5) is 4.79 Å². The van der Waals surface area contributed by atoms with E-state index in [1.54, 1.807) is 28.6 Å². The maximum Gasteiger partial charge on any atom is 0.320 e. The lowest BCUT2D eigenvalue weighted by atomic mass is 10.2. The fourth-order valence-electron chi connectivity index (χ4n) is 1.89. The Morgan fingerprint density at radius 3 is 2.50 bits per heavy atom. The minimum atomic E-state index is 0.0549. The van der Waals surface area contributed by atoms with E-state index in [1.165, 1.54) is 0 Å². The number of halogens is 1. The molecule has 1 aromatic heterocycles. The van der Waals surface area contributed by atoms with Gasteiger partial charge < -0.3 is 9.80 Å². The lowest BCUT2D eigenvalue weighted by molar-refractivity contribution is 0.197. The van der Waals surface area contributed by atoms with Crippen LogP contribution < -0.4 is 0 Å². The van der Waals surface area contributed by atoms with Crippen LogP contribution in [-0.4, -0.2) is 45.7 Å². The van der Waals surface area contributed by atoms with Crippen molar-refractivity contribution in [3.05, 3.63) is 16.4 Å². The molecule has 1 aliphatic rings. The molecule has 0 atom stereocenters. The van der Waals surface area contributed by atoms with E-state index in [4.69, 9.17) is 11.6 Å². The predicted molar refractivity (Wildman–Crippen MR) is 61.4 cm³/mol. The summed E-state index contributed by atoms with van der Waals surface area (Å²) in [6.07, 6.45) is 0. The number of likely N-dealkylation sites (N-methyl/N-ethyl adjacent to an activating group) is 1. The average Bonchev–Trinajstić information content (AvgIpc) is 2.66. The fraction of sp³-hybridized carbons (Fsp3) is 0.600. The first-order valence-corrected chi connectivity index (χ1v) is 5.56. The molecule has 0 saturated carbocycles. The molecule has 0 N–H and O–H groups in total. The third kappa shape index (κ3) is 1.75. The number of rotatable bonds is 2. The van der Waals surface area contributed by atoms with Gasteiger partial charge in [-0.1, -0.05) is 11.6 Å². The van der Waals surface area contributed by atoms with Gasteiger partial charge in [-0.2, -0.15) is 5.10 Å². The lowest BCUT2D eigenvalue weighted by Gasteiger charge is -2.15. The van der Waals surface area contributed by atoms with Crippen LogP contribution in [0, 0.1) is 6.92 Å². The Kier molecular flexibility index (Phi) is 2.80. The fourth-order valence-corrected chi connectivity index (χ4v) is 2.13. The largest absolute Gasteiger partial charge is 0.326 e. The van der Waals surface area contributed by atoms with Crippen molar-refractivity contribution in [3.63, 3.8) is 0 Å². The molecular weight excluding hydrogens is 228 g/mol. The van der Waals surface area contributed by atoms with Gasteiger partial charge >= 0.3 is 6.03 Å². The number of carbonyl (C=O) groups excluding carboxylic acids is 1. The summed E-state index contributed by atoms with van der Waals surface area (Å²) in [6, 6.07) is 0.0549. The molecular formula is C10H15ClN4O. The summed E-state index contributed by atoms with van der Waals surface area (Å²) in [5.74, 6) is 0. The van der Waals surface area contributed by atoms with E-state index in [1.807, 2.05) is 6.92 Å². The van der Waals surface area contributed by atoms with E-state index in [0.29, 0.717) is 11.7 Å². The van der Waals surface area contributed by atoms with Crippen molar-refractivity contribution in [1.29, 1.82) is 0 Å². The maximum absolute atomic E-state index is 11.7. The third-order valence-electron chi connectivity index (χ3n) is 2.92. The molecule has 5 nitrogen and oxygen atoms in total. The lowest BCUT2D eigenvalue weighted by Crippen LogP contribution is -2.29. The van der Waals surface area contributed by atoms with Gasteiger partial charge in [-0.05, 0) is 6.92 Å². The zero-order chi connectivity index (χ0) is 11.9. The summed E-state index contributed by atoms with van der Waals surface area (Å²) in [5, 5.41) is 4.84. The van der Waals surface area contributed by atoms with E-state index < -0.39 is 0 Å².